The molecule has 0 radical (unpaired) electrons. The van der Waals surface area contributed by atoms with E-state index in [9.17, 15) is 4.79 Å². The number of carbonyl (C=O) groups excluding carboxylic acids is 1. The van der Waals surface area contributed by atoms with Crippen molar-refractivity contribution in [3.05, 3.63) is 77.9 Å². The summed E-state index contributed by atoms with van der Waals surface area (Å²) in [6, 6.07) is 17.0. The van der Waals surface area contributed by atoms with Gasteiger partial charge >= 0.3 is 0 Å². The highest BCUT2D eigenvalue weighted by atomic mass is 16.4. The number of aryl methyl sites for hydroxylation is 1. The van der Waals surface area contributed by atoms with E-state index in [0.29, 0.717) is 24.0 Å². The Balaban J connectivity index is 1.46. The van der Waals surface area contributed by atoms with Crippen LogP contribution in [0.4, 0.5) is 5.69 Å². The summed E-state index contributed by atoms with van der Waals surface area (Å²) in [5, 5.41) is 18.6. The van der Waals surface area contributed by atoms with E-state index in [4.69, 9.17) is 4.42 Å². The van der Waals surface area contributed by atoms with E-state index >= 15 is 0 Å². The standard InChI is InChI=1S/C19H16N6O2/c1-13-21-23-19(27-13)15-8-5-9-16(10-15)20-18(26)17-12-25(24-22-17)11-14-6-3-2-4-7-14/h2-10,12H,11H2,1H3,(H,20,26). The van der Waals surface area contributed by atoms with Crippen molar-refractivity contribution in [2.45, 2.75) is 13.5 Å². The topological polar surface area (TPSA) is 98.7 Å². The van der Waals surface area contributed by atoms with Gasteiger partial charge in [0.15, 0.2) is 5.69 Å². The Hall–Kier alpha value is -3.81. The molecule has 0 aliphatic carbocycles. The Labute approximate surface area is 154 Å². The van der Waals surface area contributed by atoms with Crippen molar-refractivity contribution in [1.29, 1.82) is 0 Å². The zero-order valence-corrected chi connectivity index (χ0v) is 14.5. The second-order valence-electron chi connectivity index (χ2n) is 5.95. The zero-order chi connectivity index (χ0) is 18.6. The first kappa shape index (κ1) is 16.6. The van der Waals surface area contributed by atoms with Gasteiger partial charge in [-0.15, -0.1) is 15.3 Å². The largest absolute Gasteiger partial charge is 0.421 e. The molecule has 4 aromatic rings. The molecule has 0 fully saturated rings. The van der Waals surface area contributed by atoms with Crippen LogP contribution in [0.3, 0.4) is 0 Å². The molecule has 2 aromatic carbocycles. The first-order chi connectivity index (χ1) is 13.2. The van der Waals surface area contributed by atoms with Gasteiger partial charge in [-0.05, 0) is 23.8 Å². The normalized spacial score (nSPS) is 10.7. The fourth-order valence-corrected chi connectivity index (χ4v) is 2.59. The SMILES string of the molecule is Cc1nnc(-c2cccc(NC(=O)c3cn(Cc4ccccc4)nn3)c2)o1. The second kappa shape index (κ2) is 7.20. The summed E-state index contributed by atoms with van der Waals surface area (Å²) >= 11 is 0. The number of hydrogen-bond acceptors (Lipinski definition) is 6. The van der Waals surface area contributed by atoms with Crippen LogP contribution in [0.1, 0.15) is 21.9 Å². The summed E-state index contributed by atoms with van der Waals surface area (Å²) in [7, 11) is 0. The average Bonchev–Trinajstić information content (AvgIpc) is 3.32. The van der Waals surface area contributed by atoms with Gasteiger partial charge in [-0.3, -0.25) is 4.79 Å². The molecule has 27 heavy (non-hydrogen) atoms. The quantitative estimate of drug-likeness (QED) is 0.587. The monoisotopic (exact) mass is 360 g/mol. The number of benzene rings is 2. The number of anilines is 1. The predicted octanol–water partition coefficient (Wildman–Crippen LogP) is 2.94. The van der Waals surface area contributed by atoms with Crippen molar-refractivity contribution in [3.63, 3.8) is 0 Å². The fraction of sp³-hybridized carbons (Fsp3) is 0.105. The molecule has 0 spiro atoms. The predicted molar refractivity (Wildman–Crippen MR) is 98.0 cm³/mol. The van der Waals surface area contributed by atoms with Crippen molar-refractivity contribution >= 4 is 11.6 Å². The molecule has 0 saturated heterocycles. The number of nitrogens with zero attached hydrogens (tertiary/aromatic N) is 5. The fourth-order valence-electron chi connectivity index (χ4n) is 2.59. The molecule has 1 N–H and O–H groups in total. The highest BCUT2D eigenvalue weighted by Crippen LogP contribution is 2.21. The van der Waals surface area contributed by atoms with Crippen molar-refractivity contribution < 1.29 is 9.21 Å². The number of amides is 1. The van der Waals surface area contributed by atoms with Gasteiger partial charge in [-0.25, -0.2) is 4.68 Å². The maximum atomic E-state index is 12.5. The molecular formula is C19H16N6O2. The van der Waals surface area contributed by atoms with Crippen molar-refractivity contribution in [2.24, 2.45) is 0 Å². The summed E-state index contributed by atoms with van der Waals surface area (Å²) in [4.78, 5) is 12.5. The number of aromatic nitrogens is 5. The van der Waals surface area contributed by atoms with Gasteiger partial charge in [0.1, 0.15) is 0 Å². The van der Waals surface area contributed by atoms with Crippen LogP contribution in [0.5, 0.6) is 0 Å². The molecule has 1 amide bonds. The molecule has 0 aliphatic rings. The van der Waals surface area contributed by atoms with E-state index < -0.39 is 0 Å². The van der Waals surface area contributed by atoms with E-state index in [1.807, 2.05) is 36.4 Å². The van der Waals surface area contributed by atoms with Gasteiger partial charge in [0.2, 0.25) is 11.8 Å². The lowest BCUT2D eigenvalue weighted by Gasteiger charge is -2.04. The van der Waals surface area contributed by atoms with Crippen LogP contribution < -0.4 is 5.32 Å². The van der Waals surface area contributed by atoms with Crippen molar-refractivity contribution in [3.8, 4) is 11.5 Å². The summed E-state index contributed by atoms with van der Waals surface area (Å²) < 4.78 is 7.04. The molecule has 0 bridgehead atoms. The summed E-state index contributed by atoms with van der Waals surface area (Å²) in [5.74, 6) is 0.542. The number of rotatable bonds is 5. The number of nitrogens with one attached hydrogen (secondary N) is 1. The van der Waals surface area contributed by atoms with Crippen LogP contribution in [-0.2, 0) is 6.54 Å². The molecule has 4 rings (SSSR count). The molecule has 134 valence electrons. The van der Waals surface area contributed by atoms with Gasteiger partial charge in [0.05, 0.1) is 12.7 Å². The van der Waals surface area contributed by atoms with Gasteiger partial charge in [-0.1, -0.05) is 41.6 Å². The smallest absolute Gasteiger partial charge is 0.277 e. The first-order valence-electron chi connectivity index (χ1n) is 8.33. The van der Waals surface area contributed by atoms with E-state index in [1.54, 1.807) is 36.0 Å². The van der Waals surface area contributed by atoms with Crippen molar-refractivity contribution in [1.82, 2.24) is 25.2 Å². The maximum absolute atomic E-state index is 12.5. The highest BCUT2D eigenvalue weighted by Gasteiger charge is 2.13. The van der Waals surface area contributed by atoms with Gasteiger partial charge in [0.25, 0.3) is 5.91 Å². The number of carbonyl (C=O) groups is 1. The lowest BCUT2D eigenvalue weighted by Crippen LogP contribution is -2.12. The lowest BCUT2D eigenvalue weighted by molar-refractivity contribution is 0.102. The van der Waals surface area contributed by atoms with Crippen LogP contribution in [0.2, 0.25) is 0 Å². The minimum absolute atomic E-state index is 0.241. The summed E-state index contributed by atoms with van der Waals surface area (Å²) in [6.45, 7) is 2.27. The summed E-state index contributed by atoms with van der Waals surface area (Å²) in [6.07, 6.45) is 1.62. The molecule has 0 aliphatic heterocycles. The molecule has 0 unspecified atom stereocenters. The third kappa shape index (κ3) is 3.90. The minimum Gasteiger partial charge on any atom is -0.421 e. The molecule has 0 atom stereocenters. The Morgan fingerprint density at radius 1 is 1.07 bits per heavy atom. The maximum Gasteiger partial charge on any atom is 0.277 e. The zero-order valence-electron chi connectivity index (χ0n) is 14.5. The molecule has 0 saturated carbocycles. The Morgan fingerprint density at radius 3 is 2.70 bits per heavy atom. The van der Waals surface area contributed by atoms with Crippen LogP contribution >= 0.6 is 0 Å². The van der Waals surface area contributed by atoms with Crippen LogP contribution in [0.15, 0.2) is 65.2 Å². The van der Waals surface area contributed by atoms with Gasteiger partial charge in [-0.2, -0.15) is 0 Å². The molecular weight excluding hydrogens is 344 g/mol. The lowest BCUT2D eigenvalue weighted by atomic mass is 10.2. The van der Waals surface area contributed by atoms with Crippen molar-refractivity contribution in [2.75, 3.05) is 5.32 Å². The van der Waals surface area contributed by atoms with E-state index in [0.717, 1.165) is 11.1 Å². The van der Waals surface area contributed by atoms with E-state index in [-0.39, 0.29) is 11.6 Å². The Bertz CT molecular complexity index is 1070. The second-order valence-corrected chi connectivity index (χ2v) is 5.95. The van der Waals surface area contributed by atoms with Crippen LogP contribution in [-0.4, -0.2) is 31.1 Å². The number of hydrogen-bond donors (Lipinski definition) is 1. The van der Waals surface area contributed by atoms with Gasteiger partial charge < -0.3 is 9.73 Å². The third-order valence-electron chi connectivity index (χ3n) is 3.85. The first-order valence-corrected chi connectivity index (χ1v) is 8.33. The van der Waals surface area contributed by atoms with Crippen LogP contribution in [0.25, 0.3) is 11.5 Å². The Kier molecular flexibility index (Phi) is 4.44. The van der Waals surface area contributed by atoms with E-state index in [2.05, 4.69) is 25.8 Å². The summed E-state index contributed by atoms with van der Waals surface area (Å²) in [5.41, 5.74) is 2.65. The molecule has 2 aromatic heterocycles. The minimum atomic E-state index is -0.340. The van der Waals surface area contributed by atoms with Gasteiger partial charge in [0, 0.05) is 18.2 Å². The molecule has 2 heterocycles. The van der Waals surface area contributed by atoms with E-state index in [1.165, 1.54) is 0 Å². The molecule has 8 nitrogen and oxygen atoms in total. The van der Waals surface area contributed by atoms with Crippen LogP contribution in [0, 0.1) is 6.92 Å². The highest BCUT2D eigenvalue weighted by molar-refractivity contribution is 6.02. The molecule has 8 heteroatoms. The average molecular weight is 360 g/mol. The third-order valence-corrected chi connectivity index (χ3v) is 3.85. The Morgan fingerprint density at radius 2 is 1.93 bits per heavy atom.